The van der Waals surface area contributed by atoms with Crippen LogP contribution >= 0.6 is 0 Å². The molecule has 2 saturated heterocycles. The normalized spacial score (nSPS) is 45.6. The van der Waals surface area contributed by atoms with Gasteiger partial charge in [0.25, 0.3) is 0 Å². The van der Waals surface area contributed by atoms with Crippen LogP contribution in [0.3, 0.4) is 0 Å². The van der Waals surface area contributed by atoms with Crippen LogP contribution in [0.2, 0.25) is 0 Å². The Labute approximate surface area is 95.6 Å². The van der Waals surface area contributed by atoms with Crippen molar-refractivity contribution in [1.82, 2.24) is 0 Å². The Kier molecular flexibility index (Phi) is 4.16. The molecule has 2 aliphatic rings. The molecule has 2 fully saturated rings. The second-order valence-electron chi connectivity index (χ2n) is 4.49. The molecule has 2 rings (SSSR count). The van der Waals surface area contributed by atoms with Gasteiger partial charge in [-0.25, -0.2) is 0 Å². The predicted molar refractivity (Wildman–Crippen MR) is 56.3 cm³/mol. The highest BCUT2D eigenvalue weighted by Crippen LogP contribution is 2.22. The number of aliphatic hydroxyl groups is 1. The summed E-state index contributed by atoms with van der Waals surface area (Å²) in [4.78, 5) is 0. The molecular formula is C11H20O5. The van der Waals surface area contributed by atoms with Gasteiger partial charge in [0.2, 0.25) is 0 Å². The molecule has 2 aliphatic heterocycles. The number of ether oxygens (including phenoxy) is 4. The molecular weight excluding hydrogens is 212 g/mol. The van der Waals surface area contributed by atoms with Gasteiger partial charge in [-0.05, 0) is 13.8 Å². The van der Waals surface area contributed by atoms with Gasteiger partial charge in [0.1, 0.15) is 18.3 Å². The second kappa shape index (κ2) is 5.42. The maximum Gasteiger partial charge on any atom is 0.114 e. The molecule has 5 heteroatoms. The Bertz CT molecular complexity index is 222. The van der Waals surface area contributed by atoms with Gasteiger partial charge in [-0.15, -0.1) is 0 Å². The SMILES string of the molecule is CC1CO[C@@H]([C@H]2COCC(C)O2)[C@H](CO)O1. The highest BCUT2D eigenvalue weighted by atomic mass is 16.6. The van der Waals surface area contributed by atoms with Crippen LogP contribution in [-0.2, 0) is 18.9 Å². The molecule has 94 valence electrons. The van der Waals surface area contributed by atoms with Crippen molar-refractivity contribution in [2.24, 2.45) is 0 Å². The van der Waals surface area contributed by atoms with E-state index in [0.717, 1.165) is 0 Å². The van der Waals surface area contributed by atoms with Crippen LogP contribution in [0.1, 0.15) is 13.8 Å². The highest BCUT2D eigenvalue weighted by Gasteiger charge is 2.38. The molecule has 0 aromatic heterocycles. The molecule has 1 N–H and O–H groups in total. The number of aliphatic hydroxyl groups excluding tert-OH is 1. The van der Waals surface area contributed by atoms with Gasteiger partial charge in [-0.3, -0.25) is 0 Å². The molecule has 0 aliphatic carbocycles. The van der Waals surface area contributed by atoms with Crippen LogP contribution in [0, 0.1) is 0 Å². The molecule has 0 aromatic rings. The molecule has 0 aromatic carbocycles. The first-order valence-corrected chi connectivity index (χ1v) is 5.82. The zero-order valence-electron chi connectivity index (χ0n) is 9.80. The van der Waals surface area contributed by atoms with E-state index in [1.165, 1.54) is 0 Å². The lowest BCUT2D eigenvalue weighted by Crippen LogP contribution is -2.54. The average Bonchev–Trinajstić information content (AvgIpc) is 2.28. The zero-order chi connectivity index (χ0) is 11.5. The summed E-state index contributed by atoms with van der Waals surface area (Å²) in [5.41, 5.74) is 0. The molecule has 2 unspecified atom stereocenters. The first-order chi connectivity index (χ1) is 7.70. The molecule has 16 heavy (non-hydrogen) atoms. The van der Waals surface area contributed by atoms with Gasteiger partial charge in [0.15, 0.2) is 0 Å². The first-order valence-electron chi connectivity index (χ1n) is 5.82. The number of rotatable bonds is 2. The minimum Gasteiger partial charge on any atom is -0.394 e. The highest BCUT2D eigenvalue weighted by molar-refractivity contribution is 4.85. The molecule has 0 spiro atoms. The molecule has 0 bridgehead atoms. The van der Waals surface area contributed by atoms with Crippen LogP contribution in [0.4, 0.5) is 0 Å². The van der Waals surface area contributed by atoms with Crippen molar-refractivity contribution >= 4 is 0 Å². The van der Waals surface area contributed by atoms with E-state index in [1.54, 1.807) is 0 Å². The third-order valence-corrected chi connectivity index (χ3v) is 2.89. The second-order valence-corrected chi connectivity index (χ2v) is 4.49. The van der Waals surface area contributed by atoms with E-state index in [2.05, 4.69) is 0 Å². The van der Waals surface area contributed by atoms with E-state index in [0.29, 0.717) is 19.8 Å². The fraction of sp³-hybridized carbons (Fsp3) is 1.00. The monoisotopic (exact) mass is 232 g/mol. The maximum atomic E-state index is 9.27. The number of hydrogen-bond acceptors (Lipinski definition) is 5. The van der Waals surface area contributed by atoms with Crippen LogP contribution in [0.5, 0.6) is 0 Å². The molecule has 5 atom stereocenters. The lowest BCUT2D eigenvalue weighted by molar-refractivity contribution is -0.249. The van der Waals surface area contributed by atoms with E-state index >= 15 is 0 Å². The Balaban J connectivity index is 1.95. The molecule has 0 radical (unpaired) electrons. The summed E-state index contributed by atoms with van der Waals surface area (Å²) < 4.78 is 22.5. The predicted octanol–water partition coefficient (Wildman–Crippen LogP) is -0.0449. The summed E-state index contributed by atoms with van der Waals surface area (Å²) in [7, 11) is 0. The maximum absolute atomic E-state index is 9.27. The van der Waals surface area contributed by atoms with Crippen molar-refractivity contribution in [2.75, 3.05) is 26.4 Å². The van der Waals surface area contributed by atoms with Crippen molar-refractivity contribution in [1.29, 1.82) is 0 Å². The topological polar surface area (TPSA) is 57.2 Å². The van der Waals surface area contributed by atoms with Crippen molar-refractivity contribution < 1.29 is 24.1 Å². The zero-order valence-corrected chi connectivity index (χ0v) is 9.80. The first kappa shape index (κ1) is 12.3. The fourth-order valence-electron chi connectivity index (χ4n) is 2.16. The molecule has 0 amide bonds. The van der Waals surface area contributed by atoms with Crippen molar-refractivity contribution in [3.63, 3.8) is 0 Å². The third-order valence-electron chi connectivity index (χ3n) is 2.89. The average molecular weight is 232 g/mol. The van der Waals surface area contributed by atoms with Gasteiger partial charge in [0, 0.05) is 0 Å². The summed E-state index contributed by atoms with van der Waals surface area (Å²) in [6, 6.07) is 0. The standard InChI is InChI=1S/C11H20O5/c1-7-4-13-6-10(16-7)11-9(3-12)15-8(2)5-14-11/h7-12H,3-6H2,1-2H3/t7?,8?,9-,10+,11+/m0/s1. The quantitative estimate of drug-likeness (QED) is 0.723. The summed E-state index contributed by atoms with van der Waals surface area (Å²) in [6.07, 6.45) is -0.601. The van der Waals surface area contributed by atoms with Gasteiger partial charge in [-0.1, -0.05) is 0 Å². The van der Waals surface area contributed by atoms with Crippen molar-refractivity contribution in [3.8, 4) is 0 Å². The Hall–Kier alpha value is -0.200. The summed E-state index contributed by atoms with van der Waals surface area (Å²) in [5.74, 6) is 0. The van der Waals surface area contributed by atoms with Gasteiger partial charge >= 0.3 is 0 Å². The summed E-state index contributed by atoms with van der Waals surface area (Å²) in [6.45, 7) is 5.50. The smallest absolute Gasteiger partial charge is 0.114 e. The van der Waals surface area contributed by atoms with E-state index in [1.807, 2.05) is 13.8 Å². The van der Waals surface area contributed by atoms with E-state index in [9.17, 15) is 5.11 Å². The largest absolute Gasteiger partial charge is 0.394 e. The lowest BCUT2D eigenvalue weighted by Gasteiger charge is -2.41. The third kappa shape index (κ3) is 2.73. The summed E-state index contributed by atoms with van der Waals surface area (Å²) >= 11 is 0. The van der Waals surface area contributed by atoms with Crippen LogP contribution < -0.4 is 0 Å². The van der Waals surface area contributed by atoms with Crippen LogP contribution in [0.25, 0.3) is 0 Å². The number of hydrogen-bond donors (Lipinski definition) is 1. The van der Waals surface area contributed by atoms with Crippen LogP contribution in [0.15, 0.2) is 0 Å². The lowest BCUT2D eigenvalue weighted by atomic mass is 10.1. The summed E-state index contributed by atoms with van der Waals surface area (Å²) in [5, 5.41) is 9.27. The van der Waals surface area contributed by atoms with Crippen molar-refractivity contribution in [2.45, 2.75) is 44.4 Å². The van der Waals surface area contributed by atoms with E-state index < -0.39 is 0 Å². The molecule has 0 saturated carbocycles. The Morgan fingerprint density at radius 2 is 1.81 bits per heavy atom. The Morgan fingerprint density at radius 3 is 2.50 bits per heavy atom. The minimum atomic E-state index is -0.317. The van der Waals surface area contributed by atoms with Gasteiger partial charge in [0.05, 0.1) is 38.6 Å². The van der Waals surface area contributed by atoms with Crippen LogP contribution in [-0.4, -0.2) is 62.1 Å². The molecule has 2 heterocycles. The Morgan fingerprint density at radius 1 is 1.06 bits per heavy atom. The molecule has 5 nitrogen and oxygen atoms in total. The fourth-order valence-corrected chi connectivity index (χ4v) is 2.16. The van der Waals surface area contributed by atoms with Gasteiger partial charge in [-0.2, -0.15) is 0 Å². The van der Waals surface area contributed by atoms with Gasteiger partial charge < -0.3 is 24.1 Å². The van der Waals surface area contributed by atoms with E-state index in [4.69, 9.17) is 18.9 Å². The van der Waals surface area contributed by atoms with E-state index in [-0.39, 0.29) is 37.1 Å². The minimum absolute atomic E-state index is 0.0235. The van der Waals surface area contributed by atoms with Crippen molar-refractivity contribution in [3.05, 3.63) is 0 Å².